The first-order valence-corrected chi connectivity index (χ1v) is 8.81. The molecular formula is C21H23N3O3. The lowest BCUT2D eigenvalue weighted by molar-refractivity contribution is 0.0604. The van der Waals surface area contributed by atoms with E-state index >= 15 is 0 Å². The first-order valence-electron chi connectivity index (χ1n) is 8.81. The summed E-state index contributed by atoms with van der Waals surface area (Å²) in [5.74, 6) is 0.665. The Morgan fingerprint density at radius 1 is 1.04 bits per heavy atom. The van der Waals surface area contributed by atoms with Gasteiger partial charge in [0.15, 0.2) is 0 Å². The van der Waals surface area contributed by atoms with Crippen molar-refractivity contribution in [1.82, 2.24) is 15.1 Å². The standard InChI is InChI=1S/C21H23N3O3/c1-21(2,3)24(20(25)26)17(14-15-10-6-4-7-11-15)19-23-22-18(27-19)16-12-8-5-9-13-16/h4-13,17H,14H2,1-3H3,(H,25,26)/t17-/m0/s1. The van der Waals surface area contributed by atoms with Gasteiger partial charge < -0.3 is 9.52 Å². The van der Waals surface area contributed by atoms with Crippen LogP contribution in [0.15, 0.2) is 65.1 Å². The molecule has 0 radical (unpaired) electrons. The lowest BCUT2D eigenvalue weighted by Gasteiger charge is -2.38. The fourth-order valence-corrected chi connectivity index (χ4v) is 3.08. The van der Waals surface area contributed by atoms with E-state index < -0.39 is 17.7 Å². The average Bonchev–Trinajstić information content (AvgIpc) is 3.11. The summed E-state index contributed by atoms with van der Waals surface area (Å²) in [6.45, 7) is 5.56. The molecule has 0 aliphatic heterocycles. The van der Waals surface area contributed by atoms with Gasteiger partial charge in [0.1, 0.15) is 6.04 Å². The van der Waals surface area contributed by atoms with Gasteiger partial charge in [-0.2, -0.15) is 0 Å². The predicted octanol–water partition coefficient (Wildman–Crippen LogP) is 4.80. The summed E-state index contributed by atoms with van der Waals surface area (Å²) in [5, 5.41) is 18.2. The molecule has 0 fully saturated rings. The van der Waals surface area contributed by atoms with Crippen molar-refractivity contribution in [3.63, 3.8) is 0 Å². The molecule has 1 heterocycles. The Morgan fingerprint density at radius 2 is 1.63 bits per heavy atom. The van der Waals surface area contributed by atoms with Crippen LogP contribution in [-0.4, -0.2) is 31.8 Å². The molecule has 0 aliphatic carbocycles. The molecule has 1 amide bonds. The van der Waals surface area contributed by atoms with Crippen molar-refractivity contribution in [2.24, 2.45) is 0 Å². The molecular weight excluding hydrogens is 342 g/mol. The molecule has 3 rings (SSSR count). The lowest BCUT2D eigenvalue weighted by atomic mass is 9.98. The van der Waals surface area contributed by atoms with Crippen LogP contribution in [0, 0.1) is 0 Å². The van der Waals surface area contributed by atoms with Crippen molar-refractivity contribution < 1.29 is 14.3 Å². The normalized spacial score (nSPS) is 12.6. The Hall–Kier alpha value is -3.15. The van der Waals surface area contributed by atoms with Crippen LogP contribution in [0.3, 0.4) is 0 Å². The Morgan fingerprint density at radius 3 is 2.19 bits per heavy atom. The van der Waals surface area contributed by atoms with E-state index in [0.29, 0.717) is 12.3 Å². The highest BCUT2D eigenvalue weighted by molar-refractivity contribution is 5.66. The number of aromatic nitrogens is 2. The molecule has 1 N–H and O–H groups in total. The van der Waals surface area contributed by atoms with Crippen LogP contribution < -0.4 is 0 Å². The zero-order chi connectivity index (χ0) is 19.4. The minimum absolute atomic E-state index is 0.287. The van der Waals surface area contributed by atoms with Gasteiger partial charge in [-0.3, -0.25) is 4.90 Å². The Bertz CT molecular complexity index is 886. The molecule has 6 nitrogen and oxygen atoms in total. The number of hydrogen-bond acceptors (Lipinski definition) is 4. The molecule has 0 saturated heterocycles. The maximum atomic E-state index is 12.1. The summed E-state index contributed by atoms with van der Waals surface area (Å²) >= 11 is 0. The molecule has 2 aromatic carbocycles. The van der Waals surface area contributed by atoms with E-state index in [4.69, 9.17) is 4.42 Å². The molecule has 0 saturated carbocycles. The quantitative estimate of drug-likeness (QED) is 0.702. The fourth-order valence-electron chi connectivity index (χ4n) is 3.08. The summed E-state index contributed by atoms with van der Waals surface area (Å²) in [6.07, 6.45) is -0.580. The third-order valence-corrected chi connectivity index (χ3v) is 4.26. The molecule has 27 heavy (non-hydrogen) atoms. The minimum atomic E-state index is -1.03. The molecule has 3 aromatic rings. The second kappa shape index (κ2) is 7.61. The van der Waals surface area contributed by atoms with Crippen LogP contribution in [0.1, 0.15) is 38.3 Å². The SMILES string of the molecule is CC(C)(C)N(C(=O)O)[C@@H](Cc1ccccc1)c1nnc(-c2ccccc2)o1. The predicted molar refractivity (Wildman–Crippen MR) is 102 cm³/mol. The van der Waals surface area contributed by atoms with Crippen LogP contribution in [0.25, 0.3) is 11.5 Å². The van der Waals surface area contributed by atoms with Gasteiger partial charge in [0.2, 0.25) is 11.8 Å². The second-order valence-electron chi connectivity index (χ2n) is 7.34. The van der Waals surface area contributed by atoms with Crippen LogP contribution in [0.5, 0.6) is 0 Å². The number of hydrogen-bond donors (Lipinski definition) is 1. The van der Waals surface area contributed by atoms with E-state index in [-0.39, 0.29) is 5.89 Å². The van der Waals surface area contributed by atoms with Gasteiger partial charge in [0, 0.05) is 17.5 Å². The van der Waals surface area contributed by atoms with Crippen molar-refractivity contribution in [3.05, 3.63) is 72.1 Å². The summed E-state index contributed by atoms with van der Waals surface area (Å²) < 4.78 is 5.90. The van der Waals surface area contributed by atoms with E-state index in [1.807, 2.05) is 81.4 Å². The van der Waals surface area contributed by atoms with Crippen LogP contribution >= 0.6 is 0 Å². The van der Waals surface area contributed by atoms with Gasteiger partial charge in [-0.1, -0.05) is 48.5 Å². The minimum Gasteiger partial charge on any atom is -0.465 e. The van der Waals surface area contributed by atoms with Crippen LogP contribution in [0.2, 0.25) is 0 Å². The van der Waals surface area contributed by atoms with E-state index in [0.717, 1.165) is 11.1 Å². The van der Waals surface area contributed by atoms with E-state index in [1.54, 1.807) is 0 Å². The molecule has 0 spiro atoms. The molecule has 0 bridgehead atoms. The Labute approximate surface area is 158 Å². The topological polar surface area (TPSA) is 79.5 Å². The molecule has 0 aliphatic rings. The molecule has 1 aromatic heterocycles. The summed E-state index contributed by atoms with van der Waals surface area (Å²) in [7, 11) is 0. The van der Waals surface area contributed by atoms with E-state index in [9.17, 15) is 9.90 Å². The number of rotatable bonds is 5. The summed E-state index contributed by atoms with van der Waals surface area (Å²) in [5.41, 5.74) is 1.16. The first-order chi connectivity index (χ1) is 12.9. The highest BCUT2D eigenvalue weighted by Gasteiger charge is 2.37. The van der Waals surface area contributed by atoms with Gasteiger partial charge in [0.05, 0.1) is 0 Å². The highest BCUT2D eigenvalue weighted by Crippen LogP contribution is 2.32. The zero-order valence-corrected chi connectivity index (χ0v) is 15.7. The molecule has 1 atom stereocenters. The average molecular weight is 365 g/mol. The first kappa shape index (κ1) is 18.6. The fraction of sp³-hybridized carbons (Fsp3) is 0.286. The third kappa shape index (κ3) is 4.34. The lowest BCUT2D eigenvalue weighted by Crippen LogP contribution is -2.48. The monoisotopic (exact) mass is 365 g/mol. The Kier molecular flexibility index (Phi) is 5.26. The summed E-state index contributed by atoms with van der Waals surface area (Å²) in [4.78, 5) is 13.4. The van der Waals surface area contributed by atoms with Crippen LogP contribution in [0.4, 0.5) is 4.79 Å². The number of carbonyl (C=O) groups is 1. The molecule has 140 valence electrons. The molecule has 6 heteroatoms. The van der Waals surface area contributed by atoms with Gasteiger partial charge in [-0.05, 0) is 38.5 Å². The van der Waals surface area contributed by atoms with Crippen molar-refractivity contribution in [2.45, 2.75) is 38.8 Å². The van der Waals surface area contributed by atoms with Crippen molar-refractivity contribution in [2.75, 3.05) is 0 Å². The number of carboxylic acid groups (broad SMARTS) is 1. The maximum Gasteiger partial charge on any atom is 0.408 e. The smallest absolute Gasteiger partial charge is 0.408 e. The van der Waals surface area contributed by atoms with E-state index in [1.165, 1.54) is 4.90 Å². The third-order valence-electron chi connectivity index (χ3n) is 4.26. The van der Waals surface area contributed by atoms with Gasteiger partial charge in [-0.25, -0.2) is 4.79 Å². The zero-order valence-electron chi connectivity index (χ0n) is 15.7. The maximum absolute atomic E-state index is 12.1. The Balaban J connectivity index is 2.01. The largest absolute Gasteiger partial charge is 0.465 e. The van der Waals surface area contributed by atoms with Gasteiger partial charge >= 0.3 is 6.09 Å². The van der Waals surface area contributed by atoms with Crippen molar-refractivity contribution in [3.8, 4) is 11.5 Å². The van der Waals surface area contributed by atoms with E-state index in [2.05, 4.69) is 10.2 Å². The number of benzene rings is 2. The number of amides is 1. The van der Waals surface area contributed by atoms with Crippen LogP contribution in [-0.2, 0) is 6.42 Å². The molecule has 0 unspecified atom stereocenters. The van der Waals surface area contributed by atoms with Gasteiger partial charge in [0.25, 0.3) is 0 Å². The highest BCUT2D eigenvalue weighted by atomic mass is 16.4. The summed E-state index contributed by atoms with van der Waals surface area (Å²) in [6, 6.07) is 18.6. The number of nitrogens with zero attached hydrogens (tertiary/aromatic N) is 3. The second-order valence-corrected chi connectivity index (χ2v) is 7.34. The van der Waals surface area contributed by atoms with Gasteiger partial charge in [-0.15, -0.1) is 10.2 Å². The van der Waals surface area contributed by atoms with Crippen molar-refractivity contribution >= 4 is 6.09 Å². The van der Waals surface area contributed by atoms with Crippen molar-refractivity contribution in [1.29, 1.82) is 0 Å².